The normalized spacial score (nSPS) is 28.5. The van der Waals surface area contributed by atoms with Crippen LogP contribution in [0, 0.1) is 11.8 Å². The highest BCUT2D eigenvalue weighted by atomic mass is 35.5. The minimum Gasteiger partial charge on any atom is -0.359 e. The Morgan fingerprint density at radius 1 is 1.38 bits per heavy atom. The highest BCUT2D eigenvalue weighted by Gasteiger charge is 2.24. The molecule has 0 aromatic heterocycles. The third kappa shape index (κ3) is 3.16. The molecule has 0 aromatic rings. The van der Waals surface area contributed by atoms with Gasteiger partial charge in [-0.15, -0.1) is 0 Å². The van der Waals surface area contributed by atoms with Gasteiger partial charge in [-0.25, -0.2) is 4.84 Å². The summed E-state index contributed by atoms with van der Waals surface area (Å²) in [6.45, 7) is 0.863. The molecular formula is C9H17ClN2O. The number of hydrogen-bond acceptors (Lipinski definition) is 2. The molecule has 1 saturated carbocycles. The summed E-state index contributed by atoms with van der Waals surface area (Å²) >= 11 is 5.43. The minimum atomic E-state index is 0.192. The van der Waals surface area contributed by atoms with Gasteiger partial charge in [-0.2, -0.15) is 0 Å². The Morgan fingerprint density at radius 3 is 2.46 bits per heavy atom. The summed E-state index contributed by atoms with van der Waals surface area (Å²) in [4.78, 5) is 13.9. The van der Waals surface area contributed by atoms with Crippen molar-refractivity contribution >= 4 is 17.7 Å². The van der Waals surface area contributed by atoms with Crippen molar-refractivity contribution in [2.75, 3.05) is 13.6 Å². The molecule has 13 heavy (non-hydrogen) atoms. The molecule has 4 heteroatoms. The van der Waals surface area contributed by atoms with E-state index in [9.17, 15) is 4.79 Å². The molecule has 1 aliphatic rings. The number of halogens is 1. The van der Waals surface area contributed by atoms with Crippen molar-refractivity contribution < 1.29 is 4.79 Å². The molecule has 2 N–H and O–H groups in total. The van der Waals surface area contributed by atoms with Crippen LogP contribution >= 0.6 is 11.8 Å². The van der Waals surface area contributed by atoms with Crippen LogP contribution in [0.4, 0.5) is 0 Å². The number of carbonyl (C=O) groups is 1. The first-order valence-electron chi connectivity index (χ1n) is 4.83. The van der Waals surface area contributed by atoms with E-state index in [0.717, 1.165) is 32.2 Å². The van der Waals surface area contributed by atoms with Gasteiger partial charge in [0.2, 0.25) is 5.91 Å². The third-order valence-electron chi connectivity index (χ3n) is 2.83. The van der Waals surface area contributed by atoms with Gasteiger partial charge in [-0.1, -0.05) is 0 Å². The van der Waals surface area contributed by atoms with E-state index in [0.29, 0.717) is 5.92 Å². The van der Waals surface area contributed by atoms with Crippen LogP contribution in [0.5, 0.6) is 0 Å². The predicted molar refractivity (Wildman–Crippen MR) is 53.4 cm³/mol. The number of nitrogens with one attached hydrogen (secondary N) is 2. The van der Waals surface area contributed by atoms with Gasteiger partial charge in [0, 0.05) is 19.5 Å². The molecule has 1 amide bonds. The molecule has 0 bridgehead atoms. The Kier molecular flexibility index (Phi) is 4.53. The average molecular weight is 205 g/mol. The molecule has 0 radical (unpaired) electrons. The zero-order chi connectivity index (χ0) is 9.68. The van der Waals surface area contributed by atoms with Crippen molar-refractivity contribution in [3.63, 3.8) is 0 Å². The molecule has 0 atom stereocenters. The second-order valence-corrected chi connectivity index (χ2v) is 3.94. The molecule has 0 saturated heterocycles. The van der Waals surface area contributed by atoms with Crippen LogP contribution in [-0.4, -0.2) is 19.5 Å². The first-order valence-corrected chi connectivity index (χ1v) is 5.20. The van der Waals surface area contributed by atoms with E-state index in [4.69, 9.17) is 11.8 Å². The lowest BCUT2D eigenvalue weighted by Crippen LogP contribution is -2.32. The molecule has 3 nitrogen and oxygen atoms in total. The largest absolute Gasteiger partial charge is 0.359 e. The van der Waals surface area contributed by atoms with Crippen LogP contribution in [0.1, 0.15) is 25.7 Å². The van der Waals surface area contributed by atoms with Gasteiger partial charge in [0.05, 0.1) is 0 Å². The molecular weight excluding hydrogens is 188 g/mol. The summed E-state index contributed by atoms with van der Waals surface area (Å²) in [5, 5.41) is 2.70. The van der Waals surface area contributed by atoms with Crippen molar-refractivity contribution in [3.8, 4) is 0 Å². The fraction of sp³-hybridized carbons (Fsp3) is 0.889. The van der Waals surface area contributed by atoms with Crippen LogP contribution in [0.3, 0.4) is 0 Å². The SMILES string of the molecule is CNC(=O)C1CCC(CNCl)CC1. The average Bonchev–Trinajstić information content (AvgIpc) is 2.18. The Bertz CT molecular complexity index is 167. The van der Waals surface area contributed by atoms with Gasteiger partial charge in [0.1, 0.15) is 0 Å². The van der Waals surface area contributed by atoms with Crippen molar-refractivity contribution in [1.82, 2.24) is 10.2 Å². The monoisotopic (exact) mass is 204 g/mol. The quantitative estimate of drug-likeness (QED) is 0.681. The molecule has 0 spiro atoms. The standard InChI is InChI=1S/C9H17ClN2O/c1-11-9(13)8-4-2-7(3-5-8)6-12-10/h7-8,12H,2-6H2,1H3,(H,11,13). The van der Waals surface area contributed by atoms with Crippen LogP contribution in [0.25, 0.3) is 0 Å². The van der Waals surface area contributed by atoms with E-state index in [1.54, 1.807) is 7.05 Å². The van der Waals surface area contributed by atoms with Gasteiger partial charge in [-0.3, -0.25) is 4.79 Å². The predicted octanol–water partition coefficient (Wildman–Crippen LogP) is 1.28. The molecule has 1 rings (SSSR count). The summed E-state index contributed by atoms with van der Waals surface area (Å²) in [7, 11) is 1.70. The summed E-state index contributed by atoms with van der Waals surface area (Å²) in [6, 6.07) is 0. The Morgan fingerprint density at radius 2 is 2.00 bits per heavy atom. The molecule has 0 unspecified atom stereocenters. The van der Waals surface area contributed by atoms with E-state index >= 15 is 0 Å². The number of hydrogen-bond donors (Lipinski definition) is 2. The van der Waals surface area contributed by atoms with E-state index in [2.05, 4.69) is 10.2 Å². The topological polar surface area (TPSA) is 41.1 Å². The fourth-order valence-electron chi connectivity index (χ4n) is 1.94. The maximum Gasteiger partial charge on any atom is 0.222 e. The van der Waals surface area contributed by atoms with Crippen molar-refractivity contribution in [2.24, 2.45) is 11.8 Å². The second-order valence-electron chi connectivity index (χ2n) is 3.67. The van der Waals surface area contributed by atoms with Gasteiger partial charge in [0.15, 0.2) is 0 Å². The Hall–Kier alpha value is -0.280. The zero-order valence-corrected chi connectivity index (χ0v) is 8.73. The number of rotatable bonds is 3. The molecule has 0 aromatic carbocycles. The fourth-order valence-corrected chi connectivity index (χ4v) is 2.16. The van der Waals surface area contributed by atoms with Gasteiger partial charge in [0.25, 0.3) is 0 Å². The van der Waals surface area contributed by atoms with Crippen LogP contribution in [-0.2, 0) is 4.79 Å². The van der Waals surface area contributed by atoms with E-state index in [1.165, 1.54) is 0 Å². The first kappa shape index (κ1) is 10.8. The Labute approximate surface area is 84.3 Å². The molecule has 0 heterocycles. The smallest absolute Gasteiger partial charge is 0.222 e. The molecule has 76 valence electrons. The van der Waals surface area contributed by atoms with E-state index in [1.807, 2.05) is 0 Å². The van der Waals surface area contributed by atoms with Crippen molar-refractivity contribution in [1.29, 1.82) is 0 Å². The lowest BCUT2D eigenvalue weighted by molar-refractivity contribution is -0.125. The minimum absolute atomic E-state index is 0.192. The summed E-state index contributed by atoms with van der Waals surface area (Å²) in [5.74, 6) is 1.08. The maximum atomic E-state index is 11.3. The van der Waals surface area contributed by atoms with Gasteiger partial charge >= 0.3 is 0 Å². The Balaban J connectivity index is 2.26. The number of amides is 1. The number of carbonyl (C=O) groups excluding carboxylic acids is 1. The highest BCUT2D eigenvalue weighted by Crippen LogP contribution is 2.28. The lowest BCUT2D eigenvalue weighted by atomic mass is 9.82. The molecule has 1 aliphatic carbocycles. The summed E-state index contributed by atoms with van der Waals surface area (Å²) in [5.41, 5.74) is 0. The maximum absolute atomic E-state index is 11.3. The van der Waals surface area contributed by atoms with E-state index < -0.39 is 0 Å². The summed E-state index contributed by atoms with van der Waals surface area (Å²) in [6.07, 6.45) is 4.22. The third-order valence-corrected chi connectivity index (χ3v) is 2.98. The van der Waals surface area contributed by atoms with E-state index in [-0.39, 0.29) is 11.8 Å². The van der Waals surface area contributed by atoms with Crippen molar-refractivity contribution in [3.05, 3.63) is 0 Å². The van der Waals surface area contributed by atoms with Crippen LogP contribution in [0.15, 0.2) is 0 Å². The summed E-state index contributed by atoms with van der Waals surface area (Å²) < 4.78 is 0. The highest BCUT2D eigenvalue weighted by molar-refractivity contribution is 6.13. The van der Waals surface area contributed by atoms with Crippen LogP contribution in [0.2, 0.25) is 0 Å². The van der Waals surface area contributed by atoms with Gasteiger partial charge in [-0.05, 0) is 43.4 Å². The molecule has 0 aliphatic heterocycles. The first-order chi connectivity index (χ1) is 6.27. The van der Waals surface area contributed by atoms with Crippen molar-refractivity contribution in [2.45, 2.75) is 25.7 Å². The lowest BCUT2D eigenvalue weighted by Gasteiger charge is -2.26. The molecule has 1 fully saturated rings. The van der Waals surface area contributed by atoms with Gasteiger partial charge < -0.3 is 5.32 Å². The van der Waals surface area contributed by atoms with Crippen LogP contribution < -0.4 is 10.2 Å². The second kappa shape index (κ2) is 5.45. The zero-order valence-electron chi connectivity index (χ0n) is 7.98.